The highest BCUT2D eigenvalue weighted by Crippen LogP contribution is 2.34. The van der Waals surface area contributed by atoms with Gasteiger partial charge >= 0.3 is 5.97 Å². The van der Waals surface area contributed by atoms with Crippen molar-refractivity contribution in [3.8, 4) is 11.5 Å². The molecule has 0 saturated carbocycles. The molecule has 188 valence electrons. The first-order valence-electron chi connectivity index (χ1n) is 11.6. The predicted molar refractivity (Wildman–Crippen MR) is 148 cm³/mol. The number of halogens is 1. The molecule has 36 heavy (non-hydrogen) atoms. The van der Waals surface area contributed by atoms with E-state index in [9.17, 15) is 9.59 Å². The Bertz CT molecular complexity index is 1520. The summed E-state index contributed by atoms with van der Waals surface area (Å²) in [4.78, 5) is 31.9. The first kappa shape index (κ1) is 26.2. The molecule has 1 aliphatic rings. The van der Waals surface area contributed by atoms with Gasteiger partial charge in [0, 0.05) is 0 Å². The fourth-order valence-corrected chi connectivity index (χ4v) is 6.03. The van der Waals surface area contributed by atoms with Crippen molar-refractivity contribution in [3.05, 3.63) is 87.6 Å². The van der Waals surface area contributed by atoms with E-state index in [2.05, 4.69) is 27.6 Å². The number of fused-ring (bicyclic) bond motifs is 1. The minimum atomic E-state index is -0.627. The molecule has 2 aromatic carbocycles. The number of rotatable bonds is 7. The third-order valence-electron chi connectivity index (χ3n) is 5.74. The van der Waals surface area contributed by atoms with Crippen LogP contribution in [0.1, 0.15) is 43.5 Å². The molecular weight excluding hydrogens is 591 g/mol. The van der Waals surface area contributed by atoms with Gasteiger partial charge in [-0.05, 0) is 79.6 Å². The lowest BCUT2D eigenvalue weighted by Crippen LogP contribution is -2.39. The van der Waals surface area contributed by atoms with E-state index >= 15 is 0 Å². The number of benzene rings is 2. The number of aromatic nitrogens is 1. The van der Waals surface area contributed by atoms with Crippen LogP contribution in [0.3, 0.4) is 0 Å². The van der Waals surface area contributed by atoms with Gasteiger partial charge < -0.3 is 14.2 Å². The first-order valence-corrected chi connectivity index (χ1v) is 13.4. The fraction of sp³-hybridized carbons (Fsp3) is 0.296. The second-order valence-electron chi connectivity index (χ2n) is 8.18. The van der Waals surface area contributed by atoms with Crippen molar-refractivity contribution in [1.82, 2.24) is 4.57 Å². The van der Waals surface area contributed by atoms with Gasteiger partial charge in [0.15, 0.2) is 16.3 Å². The van der Waals surface area contributed by atoms with Crippen LogP contribution in [0.2, 0.25) is 0 Å². The Balaban J connectivity index is 1.93. The monoisotopic (exact) mass is 618 g/mol. The van der Waals surface area contributed by atoms with E-state index in [-0.39, 0.29) is 12.2 Å². The number of hydrogen-bond donors (Lipinski definition) is 0. The molecule has 1 aromatic heterocycles. The zero-order valence-electron chi connectivity index (χ0n) is 20.8. The van der Waals surface area contributed by atoms with Crippen LogP contribution in [-0.2, 0) is 9.53 Å². The number of esters is 1. The highest BCUT2D eigenvalue weighted by atomic mass is 127. The molecule has 0 spiro atoms. The molecule has 9 heteroatoms. The molecule has 4 rings (SSSR count). The second-order valence-corrected chi connectivity index (χ2v) is 10.4. The van der Waals surface area contributed by atoms with Crippen LogP contribution in [-0.4, -0.2) is 30.9 Å². The number of aryl methyl sites for hydroxylation is 1. The number of hydrogen-bond acceptors (Lipinski definition) is 7. The SMILES string of the molecule is CCOC(=O)C1=C(C)N=c2s/c(=C\c3cc(I)c(OC)c(OCC)c3)c(=O)n2[C@@H]1c1ccc(C)cc1. The van der Waals surface area contributed by atoms with Crippen LogP contribution in [0.15, 0.2) is 57.5 Å². The van der Waals surface area contributed by atoms with Crippen LogP contribution in [0.4, 0.5) is 0 Å². The third-order valence-corrected chi connectivity index (χ3v) is 7.53. The second kappa shape index (κ2) is 11.0. The number of nitrogens with zero attached hydrogens (tertiary/aromatic N) is 2. The van der Waals surface area contributed by atoms with Gasteiger partial charge in [-0.3, -0.25) is 9.36 Å². The van der Waals surface area contributed by atoms with Crippen molar-refractivity contribution in [2.45, 2.75) is 33.7 Å². The van der Waals surface area contributed by atoms with E-state index in [1.807, 2.05) is 56.3 Å². The number of carbonyl (C=O) groups excluding carboxylic acids is 1. The molecule has 0 amide bonds. The summed E-state index contributed by atoms with van der Waals surface area (Å²) in [6.45, 7) is 8.17. The molecule has 0 fully saturated rings. The van der Waals surface area contributed by atoms with Gasteiger partial charge in [0.25, 0.3) is 5.56 Å². The van der Waals surface area contributed by atoms with Gasteiger partial charge in [-0.2, -0.15) is 0 Å². The van der Waals surface area contributed by atoms with Crippen LogP contribution in [0.25, 0.3) is 6.08 Å². The molecule has 1 atom stereocenters. The largest absolute Gasteiger partial charge is 0.492 e. The Hall–Kier alpha value is -2.92. The van der Waals surface area contributed by atoms with E-state index in [1.54, 1.807) is 25.5 Å². The fourth-order valence-electron chi connectivity index (χ4n) is 4.14. The van der Waals surface area contributed by atoms with Crippen LogP contribution >= 0.6 is 33.9 Å². The van der Waals surface area contributed by atoms with Crippen molar-refractivity contribution in [2.24, 2.45) is 4.99 Å². The molecule has 7 nitrogen and oxygen atoms in total. The summed E-state index contributed by atoms with van der Waals surface area (Å²) >= 11 is 3.48. The summed E-state index contributed by atoms with van der Waals surface area (Å²) in [5, 5.41) is 0. The molecule has 0 aliphatic carbocycles. The quantitative estimate of drug-likeness (QED) is 0.294. The molecule has 0 radical (unpaired) electrons. The standard InChI is InChI=1S/C27H27IN2O5S/c1-6-34-20-13-17(12-19(28)24(20)33-5)14-21-25(31)30-23(18-10-8-15(3)9-11-18)22(26(32)35-7-2)16(4)29-27(30)36-21/h8-14,23H,6-7H2,1-5H3/b21-14-/t23-/m1/s1. The van der Waals surface area contributed by atoms with Crippen LogP contribution in [0, 0.1) is 10.5 Å². The van der Waals surface area contributed by atoms with Crippen LogP contribution < -0.4 is 24.4 Å². The molecule has 0 unspecified atom stereocenters. The normalized spacial score (nSPS) is 15.4. The lowest BCUT2D eigenvalue weighted by atomic mass is 9.95. The molecule has 1 aliphatic heterocycles. The van der Waals surface area contributed by atoms with Crippen molar-refractivity contribution in [2.75, 3.05) is 20.3 Å². The number of methoxy groups -OCH3 is 1. The zero-order chi connectivity index (χ0) is 26.0. The number of allylic oxidation sites excluding steroid dienone is 1. The maximum atomic E-state index is 13.8. The van der Waals surface area contributed by atoms with Crippen molar-refractivity contribution < 1.29 is 19.0 Å². The lowest BCUT2D eigenvalue weighted by Gasteiger charge is -2.24. The minimum Gasteiger partial charge on any atom is -0.492 e. The Kier molecular flexibility index (Phi) is 7.99. The van der Waals surface area contributed by atoms with Crippen LogP contribution in [0.5, 0.6) is 11.5 Å². The first-order chi connectivity index (χ1) is 17.3. The molecule has 0 saturated heterocycles. The average molecular weight is 618 g/mol. The maximum absolute atomic E-state index is 13.8. The third kappa shape index (κ3) is 4.99. The lowest BCUT2D eigenvalue weighted by molar-refractivity contribution is -0.139. The van der Waals surface area contributed by atoms with Crippen molar-refractivity contribution in [1.29, 1.82) is 0 Å². The van der Waals surface area contributed by atoms with Crippen molar-refractivity contribution in [3.63, 3.8) is 0 Å². The predicted octanol–water partition coefficient (Wildman–Crippen LogP) is 4.12. The van der Waals surface area contributed by atoms with Gasteiger partial charge in [0.2, 0.25) is 0 Å². The summed E-state index contributed by atoms with van der Waals surface area (Å²) < 4.78 is 19.6. The van der Waals surface area contributed by atoms with Crippen molar-refractivity contribution >= 4 is 46.0 Å². The van der Waals surface area contributed by atoms with Gasteiger partial charge in [-0.1, -0.05) is 41.2 Å². The highest BCUT2D eigenvalue weighted by molar-refractivity contribution is 14.1. The summed E-state index contributed by atoms with van der Waals surface area (Å²) in [5.74, 6) is 0.804. The molecule has 0 N–H and O–H groups in total. The molecule has 3 aromatic rings. The molecular formula is C27H27IN2O5S. The summed E-state index contributed by atoms with van der Waals surface area (Å²) in [6, 6.07) is 11.0. The number of carbonyl (C=O) groups is 1. The van der Waals surface area contributed by atoms with E-state index in [0.717, 1.165) is 20.3 Å². The van der Waals surface area contributed by atoms with E-state index in [4.69, 9.17) is 14.2 Å². The summed E-state index contributed by atoms with van der Waals surface area (Å²) in [6.07, 6.45) is 1.82. The molecule has 2 heterocycles. The van der Waals surface area contributed by atoms with E-state index in [1.165, 1.54) is 11.3 Å². The summed E-state index contributed by atoms with van der Waals surface area (Å²) in [7, 11) is 1.60. The highest BCUT2D eigenvalue weighted by Gasteiger charge is 2.33. The summed E-state index contributed by atoms with van der Waals surface area (Å²) in [5.41, 5.74) is 3.42. The maximum Gasteiger partial charge on any atom is 0.338 e. The minimum absolute atomic E-state index is 0.220. The topological polar surface area (TPSA) is 79.1 Å². The smallest absolute Gasteiger partial charge is 0.338 e. The van der Waals surface area contributed by atoms with Gasteiger partial charge in [0.05, 0.1) is 45.7 Å². The van der Waals surface area contributed by atoms with E-state index < -0.39 is 12.0 Å². The Morgan fingerprint density at radius 1 is 1.17 bits per heavy atom. The number of ether oxygens (including phenoxy) is 3. The Morgan fingerprint density at radius 3 is 2.53 bits per heavy atom. The van der Waals surface area contributed by atoms with E-state index in [0.29, 0.717) is 38.7 Å². The Labute approximate surface area is 226 Å². The average Bonchev–Trinajstić information content (AvgIpc) is 3.13. The zero-order valence-corrected chi connectivity index (χ0v) is 23.7. The number of thiazole rings is 1. The Morgan fingerprint density at radius 2 is 1.89 bits per heavy atom. The van der Waals surface area contributed by atoms with Gasteiger partial charge in [-0.25, -0.2) is 9.79 Å². The van der Waals surface area contributed by atoms with Gasteiger partial charge in [-0.15, -0.1) is 0 Å². The van der Waals surface area contributed by atoms with Gasteiger partial charge in [0.1, 0.15) is 0 Å². The molecule has 0 bridgehead atoms.